The van der Waals surface area contributed by atoms with Crippen molar-refractivity contribution < 1.29 is 0 Å². The van der Waals surface area contributed by atoms with Crippen LogP contribution < -0.4 is 0 Å². The number of unbranched alkanes of at least 4 members (excludes halogenated alkanes) is 1. The molecule has 2 heteroatoms. The van der Waals surface area contributed by atoms with Gasteiger partial charge < -0.3 is 4.98 Å². The van der Waals surface area contributed by atoms with E-state index in [1.165, 1.54) is 0 Å². The van der Waals surface area contributed by atoms with E-state index in [-0.39, 0.29) is 0 Å². The van der Waals surface area contributed by atoms with Crippen molar-refractivity contribution in [2.24, 2.45) is 0 Å². The number of rotatable bonds is 3. The molecule has 0 spiro atoms. The number of terminal acetylenes is 1. The summed E-state index contributed by atoms with van der Waals surface area (Å²) in [4.78, 5) is 7.74. The first-order valence-electron chi connectivity index (χ1n) is 4.77. The average Bonchev–Trinajstić information content (AvgIpc) is 2.60. The number of aromatic nitrogens is 2. The van der Waals surface area contributed by atoms with Gasteiger partial charge in [-0.05, 0) is 18.6 Å². The Hall–Kier alpha value is -1.75. The molecule has 0 bridgehead atoms. The van der Waals surface area contributed by atoms with Crippen molar-refractivity contribution in [1.29, 1.82) is 0 Å². The van der Waals surface area contributed by atoms with E-state index in [1.54, 1.807) is 0 Å². The van der Waals surface area contributed by atoms with E-state index in [9.17, 15) is 0 Å². The Bertz CT molecular complexity index is 429. The topological polar surface area (TPSA) is 28.7 Å². The normalized spacial score (nSPS) is 10.2. The number of H-pyrrole nitrogens is 1. The van der Waals surface area contributed by atoms with Gasteiger partial charge in [-0.1, -0.05) is 12.1 Å². The summed E-state index contributed by atoms with van der Waals surface area (Å²) in [5.74, 6) is 3.66. The number of aryl methyl sites for hydroxylation is 1. The summed E-state index contributed by atoms with van der Waals surface area (Å²) >= 11 is 0. The first-order chi connectivity index (χ1) is 6.90. The molecular weight excluding hydrogens is 172 g/mol. The number of nitrogens with zero attached hydrogens (tertiary/aromatic N) is 1. The number of hydrogen-bond acceptors (Lipinski definition) is 1. The van der Waals surface area contributed by atoms with Crippen molar-refractivity contribution in [2.45, 2.75) is 19.3 Å². The van der Waals surface area contributed by atoms with Gasteiger partial charge in [-0.3, -0.25) is 0 Å². The van der Waals surface area contributed by atoms with E-state index in [2.05, 4.69) is 15.9 Å². The maximum absolute atomic E-state index is 5.19. The van der Waals surface area contributed by atoms with Crippen molar-refractivity contribution in [1.82, 2.24) is 9.97 Å². The minimum atomic E-state index is 0.817. The molecular formula is C12H12N2. The zero-order chi connectivity index (χ0) is 9.80. The van der Waals surface area contributed by atoms with E-state index in [0.29, 0.717) is 0 Å². The van der Waals surface area contributed by atoms with Crippen molar-refractivity contribution in [3.8, 4) is 12.3 Å². The van der Waals surface area contributed by atoms with E-state index in [0.717, 1.165) is 36.1 Å². The Balaban J connectivity index is 2.15. The lowest BCUT2D eigenvalue weighted by atomic mass is 10.2. The van der Waals surface area contributed by atoms with Crippen LogP contribution in [0.5, 0.6) is 0 Å². The van der Waals surface area contributed by atoms with Crippen LogP contribution in [-0.4, -0.2) is 9.97 Å². The molecule has 0 radical (unpaired) electrons. The van der Waals surface area contributed by atoms with Crippen molar-refractivity contribution >= 4 is 11.0 Å². The number of nitrogens with one attached hydrogen (secondary N) is 1. The molecule has 1 aromatic carbocycles. The number of hydrogen-bond donors (Lipinski definition) is 1. The molecule has 1 aromatic heterocycles. The third-order valence-electron chi connectivity index (χ3n) is 2.17. The fourth-order valence-electron chi connectivity index (χ4n) is 1.48. The smallest absolute Gasteiger partial charge is 0.107 e. The first-order valence-corrected chi connectivity index (χ1v) is 4.77. The van der Waals surface area contributed by atoms with Crippen LogP contribution in [0.3, 0.4) is 0 Å². The lowest BCUT2D eigenvalue weighted by Gasteiger charge is -1.90. The van der Waals surface area contributed by atoms with Gasteiger partial charge >= 0.3 is 0 Å². The highest BCUT2D eigenvalue weighted by Gasteiger charge is 2.00. The van der Waals surface area contributed by atoms with Crippen LogP contribution in [0.2, 0.25) is 0 Å². The Morgan fingerprint density at radius 3 is 3.00 bits per heavy atom. The highest BCUT2D eigenvalue weighted by atomic mass is 14.9. The molecule has 0 saturated heterocycles. The molecule has 2 rings (SSSR count). The summed E-state index contributed by atoms with van der Waals surface area (Å²) in [6.07, 6.45) is 7.93. The van der Waals surface area contributed by atoms with Crippen LogP contribution in [0.4, 0.5) is 0 Å². The quantitative estimate of drug-likeness (QED) is 0.576. The second kappa shape index (κ2) is 3.97. The van der Waals surface area contributed by atoms with Gasteiger partial charge in [0, 0.05) is 12.8 Å². The zero-order valence-corrected chi connectivity index (χ0v) is 7.96. The Labute approximate surface area is 83.4 Å². The fourth-order valence-corrected chi connectivity index (χ4v) is 1.48. The van der Waals surface area contributed by atoms with E-state index in [4.69, 9.17) is 6.42 Å². The SMILES string of the molecule is C#CCCCc1nc2ccccc2[nH]1. The second-order valence-electron chi connectivity index (χ2n) is 3.26. The van der Waals surface area contributed by atoms with Gasteiger partial charge in [0.25, 0.3) is 0 Å². The lowest BCUT2D eigenvalue weighted by Crippen LogP contribution is -1.86. The number of benzene rings is 1. The highest BCUT2D eigenvalue weighted by molar-refractivity contribution is 5.74. The third kappa shape index (κ3) is 1.77. The van der Waals surface area contributed by atoms with Crippen LogP contribution in [0.25, 0.3) is 11.0 Å². The molecule has 0 saturated carbocycles. The molecule has 2 nitrogen and oxygen atoms in total. The summed E-state index contributed by atoms with van der Waals surface area (Å²) in [5, 5.41) is 0. The molecule has 0 aliphatic heterocycles. The molecule has 0 unspecified atom stereocenters. The Morgan fingerprint density at radius 1 is 1.36 bits per heavy atom. The van der Waals surface area contributed by atoms with Crippen LogP contribution >= 0.6 is 0 Å². The third-order valence-corrected chi connectivity index (χ3v) is 2.17. The molecule has 0 atom stereocenters. The molecule has 0 amide bonds. The predicted octanol–water partition coefficient (Wildman–Crippen LogP) is 2.52. The van der Waals surface area contributed by atoms with Crippen molar-refractivity contribution in [2.75, 3.05) is 0 Å². The van der Waals surface area contributed by atoms with E-state index < -0.39 is 0 Å². The molecule has 70 valence electrons. The predicted molar refractivity (Wildman–Crippen MR) is 57.9 cm³/mol. The summed E-state index contributed by atoms with van der Waals surface area (Å²) in [6, 6.07) is 8.05. The first kappa shape index (κ1) is 8.83. The van der Waals surface area contributed by atoms with Crippen molar-refractivity contribution in [3.05, 3.63) is 30.1 Å². The van der Waals surface area contributed by atoms with Gasteiger partial charge in [-0.15, -0.1) is 12.3 Å². The second-order valence-corrected chi connectivity index (χ2v) is 3.26. The summed E-state index contributed by atoms with van der Waals surface area (Å²) in [6.45, 7) is 0. The monoisotopic (exact) mass is 184 g/mol. The molecule has 0 fully saturated rings. The number of para-hydroxylation sites is 2. The van der Waals surface area contributed by atoms with Gasteiger partial charge in [0.05, 0.1) is 11.0 Å². The summed E-state index contributed by atoms with van der Waals surface area (Å²) in [5.41, 5.74) is 2.13. The maximum atomic E-state index is 5.19. The van der Waals surface area contributed by atoms with Crippen LogP contribution in [0.1, 0.15) is 18.7 Å². The molecule has 0 aliphatic carbocycles. The van der Waals surface area contributed by atoms with Gasteiger partial charge in [0.15, 0.2) is 0 Å². The largest absolute Gasteiger partial charge is 0.342 e. The molecule has 14 heavy (non-hydrogen) atoms. The van der Waals surface area contributed by atoms with E-state index in [1.807, 2.05) is 24.3 Å². The fraction of sp³-hybridized carbons (Fsp3) is 0.250. The molecule has 1 heterocycles. The zero-order valence-electron chi connectivity index (χ0n) is 7.96. The number of imidazole rings is 1. The number of fused-ring (bicyclic) bond motifs is 1. The number of aromatic amines is 1. The Morgan fingerprint density at radius 2 is 2.21 bits per heavy atom. The highest BCUT2D eigenvalue weighted by Crippen LogP contribution is 2.11. The average molecular weight is 184 g/mol. The van der Waals surface area contributed by atoms with Crippen LogP contribution in [0, 0.1) is 12.3 Å². The summed E-state index contributed by atoms with van der Waals surface area (Å²) in [7, 11) is 0. The van der Waals surface area contributed by atoms with Crippen LogP contribution in [0.15, 0.2) is 24.3 Å². The van der Waals surface area contributed by atoms with Crippen LogP contribution in [-0.2, 0) is 6.42 Å². The van der Waals surface area contributed by atoms with Gasteiger partial charge in [0.2, 0.25) is 0 Å². The van der Waals surface area contributed by atoms with Gasteiger partial charge in [0.1, 0.15) is 5.82 Å². The van der Waals surface area contributed by atoms with E-state index >= 15 is 0 Å². The van der Waals surface area contributed by atoms with Gasteiger partial charge in [-0.2, -0.15) is 0 Å². The molecule has 0 aliphatic rings. The Kier molecular flexibility index (Phi) is 2.51. The van der Waals surface area contributed by atoms with Gasteiger partial charge in [-0.25, -0.2) is 4.98 Å². The maximum Gasteiger partial charge on any atom is 0.107 e. The minimum absolute atomic E-state index is 0.817. The molecule has 2 aromatic rings. The molecule has 1 N–H and O–H groups in total. The minimum Gasteiger partial charge on any atom is -0.342 e. The standard InChI is InChI=1S/C12H12N2/c1-2-3-4-9-12-13-10-7-5-6-8-11(10)14-12/h1,5-8H,3-4,9H2,(H,13,14). The lowest BCUT2D eigenvalue weighted by molar-refractivity contribution is 0.814. The summed E-state index contributed by atoms with van der Waals surface area (Å²) < 4.78 is 0. The van der Waals surface area contributed by atoms with Crippen molar-refractivity contribution in [3.63, 3.8) is 0 Å².